The van der Waals surface area contributed by atoms with Gasteiger partial charge in [-0.25, -0.2) is 4.98 Å². The molecule has 13 heteroatoms. The van der Waals surface area contributed by atoms with Crippen molar-refractivity contribution >= 4 is 51.7 Å². The van der Waals surface area contributed by atoms with Crippen molar-refractivity contribution in [1.29, 1.82) is 0 Å². The van der Waals surface area contributed by atoms with E-state index in [1.165, 1.54) is 24.3 Å². The third-order valence-corrected chi connectivity index (χ3v) is 6.09. The molecule has 2 aliphatic rings. The van der Waals surface area contributed by atoms with E-state index < -0.39 is 29.2 Å². The summed E-state index contributed by atoms with van der Waals surface area (Å²) in [7, 11) is 1.27. The first-order chi connectivity index (χ1) is 13.4. The Balaban J connectivity index is 0.00000300. The Morgan fingerprint density at radius 1 is 1.59 bits per heavy atom. The number of thioether (sulfide) groups is 1. The van der Waals surface area contributed by atoms with Crippen LogP contribution in [0.15, 0.2) is 34.5 Å². The van der Waals surface area contributed by atoms with Crippen LogP contribution in [0.2, 0.25) is 0 Å². The molecule has 148 valence electrons. The maximum atomic E-state index is 12.6. The van der Waals surface area contributed by atoms with E-state index in [1.54, 1.807) is 6.08 Å². The molecule has 1 saturated heterocycles. The van der Waals surface area contributed by atoms with Crippen molar-refractivity contribution < 1.29 is 53.9 Å². The van der Waals surface area contributed by atoms with Crippen LogP contribution >= 0.6 is 23.1 Å². The van der Waals surface area contributed by atoms with Crippen LogP contribution in [0, 0.1) is 0 Å². The number of aliphatic carboxylic acids is 1. The minimum Gasteiger partial charge on any atom is -0.543 e. The van der Waals surface area contributed by atoms with Gasteiger partial charge in [0.05, 0.1) is 11.7 Å². The predicted molar refractivity (Wildman–Crippen MR) is 102 cm³/mol. The number of hydrogen-bond acceptors (Lipinski definition) is 10. The van der Waals surface area contributed by atoms with Crippen molar-refractivity contribution in [2.24, 2.45) is 5.16 Å². The number of carboxylic acids is 1. The molecular formula is C16H16N5NaO5S2. The zero-order valence-corrected chi connectivity index (χ0v) is 19.3. The number of oxime groups is 1. The average Bonchev–Trinajstić information content (AvgIpc) is 3.09. The van der Waals surface area contributed by atoms with E-state index in [2.05, 4.69) is 22.0 Å². The van der Waals surface area contributed by atoms with Gasteiger partial charge in [0.25, 0.3) is 11.8 Å². The average molecular weight is 445 g/mol. The summed E-state index contributed by atoms with van der Waals surface area (Å²) >= 11 is 2.48. The van der Waals surface area contributed by atoms with Crippen molar-refractivity contribution in [3.05, 3.63) is 35.0 Å². The molecule has 1 aromatic heterocycles. The van der Waals surface area contributed by atoms with E-state index in [4.69, 9.17) is 10.6 Å². The number of nitrogens with two attached hydrogens (primary N) is 1. The van der Waals surface area contributed by atoms with Crippen molar-refractivity contribution in [1.82, 2.24) is 15.2 Å². The summed E-state index contributed by atoms with van der Waals surface area (Å²) in [5.41, 5.74) is 6.06. The molecule has 0 radical (unpaired) electrons. The molecule has 2 amide bonds. The summed E-state index contributed by atoms with van der Waals surface area (Å²) in [5, 5.41) is 19.0. The quantitative estimate of drug-likeness (QED) is 0.142. The van der Waals surface area contributed by atoms with E-state index in [0.29, 0.717) is 17.7 Å². The van der Waals surface area contributed by atoms with Gasteiger partial charge in [-0.2, -0.15) is 0 Å². The van der Waals surface area contributed by atoms with E-state index >= 15 is 0 Å². The molecule has 29 heavy (non-hydrogen) atoms. The summed E-state index contributed by atoms with van der Waals surface area (Å²) in [5.74, 6) is -2.26. The number of rotatable bonds is 7. The molecule has 10 nitrogen and oxygen atoms in total. The van der Waals surface area contributed by atoms with Crippen LogP contribution < -0.4 is 45.7 Å². The molecule has 3 N–H and O–H groups in total. The number of fused-ring (bicyclic) bond motifs is 1. The monoisotopic (exact) mass is 445 g/mol. The Bertz CT molecular complexity index is 915. The molecule has 2 atom stereocenters. The number of anilines is 1. The van der Waals surface area contributed by atoms with Crippen LogP contribution in [0.25, 0.3) is 0 Å². The molecular weight excluding hydrogens is 429 g/mol. The first-order valence-corrected chi connectivity index (χ1v) is 9.94. The van der Waals surface area contributed by atoms with Gasteiger partial charge in [0.15, 0.2) is 10.8 Å². The molecule has 0 unspecified atom stereocenters. The second-order valence-corrected chi connectivity index (χ2v) is 7.78. The number of carboxylic acid groups (broad SMARTS) is 1. The van der Waals surface area contributed by atoms with Gasteiger partial charge in [-0.15, -0.1) is 29.7 Å². The number of allylic oxidation sites excluding steroid dienone is 1. The molecule has 0 bridgehead atoms. The van der Waals surface area contributed by atoms with Crippen LogP contribution in [0.4, 0.5) is 5.13 Å². The summed E-state index contributed by atoms with van der Waals surface area (Å²) in [6.45, 7) is 3.60. The summed E-state index contributed by atoms with van der Waals surface area (Å²) in [6.07, 6.45) is 1.90. The third-order valence-electron chi connectivity index (χ3n) is 4.08. The molecule has 3 heterocycles. The number of aromatic nitrogens is 1. The van der Waals surface area contributed by atoms with Gasteiger partial charge in [0.1, 0.15) is 24.2 Å². The fourth-order valence-corrected chi connectivity index (χ4v) is 4.81. The second kappa shape index (κ2) is 9.76. The van der Waals surface area contributed by atoms with Crippen LogP contribution in [0.5, 0.6) is 0 Å². The summed E-state index contributed by atoms with van der Waals surface area (Å²) in [4.78, 5) is 46.5. The number of carbonyl (C=O) groups excluding carboxylic acids is 3. The van der Waals surface area contributed by atoms with Crippen LogP contribution in [-0.4, -0.2) is 57.7 Å². The SMILES string of the molecule is C=CCC1=C(C(=O)[O-])N2C(=O)[C@@H](NC(=O)/C(=N\OC)c3csc(N)n3)[C@H]2SC1.[Na+]. The van der Waals surface area contributed by atoms with Gasteiger partial charge in [0.2, 0.25) is 0 Å². The number of β-lactam (4-membered cyclic amide) rings is 1. The van der Waals surface area contributed by atoms with Gasteiger partial charge in [-0.1, -0.05) is 11.2 Å². The zero-order chi connectivity index (χ0) is 20.4. The number of nitrogens with zero attached hydrogens (tertiary/aromatic N) is 3. The standard InChI is InChI=1S/C16H17N5O5S2.Na/c1-3-4-7-5-27-14-10(13(23)21(14)11(7)15(24)25)19-12(22)9(20-26-2)8-6-28-16(17)18-8;/h3,6,10,14H,1,4-5H2,2H3,(H2,17,18)(H,19,22)(H,24,25);/q;+1/p-1/b20-9-;/t10-,14-;/m1./s1. The van der Waals surface area contributed by atoms with Gasteiger partial charge >= 0.3 is 29.6 Å². The van der Waals surface area contributed by atoms with Crippen molar-refractivity contribution in [2.75, 3.05) is 18.6 Å². The minimum atomic E-state index is -1.43. The first kappa shape index (κ1) is 23.4. The number of carbonyl (C=O) groups is 3. The van der Waals surface area contributed by atoms with E-state index in [9.17, 15) is 19.5 Å². The molecule has 0 aliphatic carbocycles. The Morgan fingerprint density at radius 2 is 2.31 bits per heavy atom. The number of nitrogens with one attached hydrogen (secondary N) is 1. The van der Waals surface area contributed by atoms with Crippen molar-refractivity contribution in [3.8, 4) is 0 Å². The summed E-state index contributed by atoms with van der Waals surface area (Å²) < 4.78 is 0. The number of hydrogen-bond donors (Lipinski definition) is 2. The second-order valence-electron chi connectivity index (χ2n) is 5.79. The van der Waals surface area contributed by atoms with Crippen molar-refractivity contribution in [2.45, 2.75) is 17.8 Å². The minimum absolute atomic E-state index is 0. The molecule has 0 spiro atoms. The predicted octanol–water partition coefficient (Wildman–Crippen LogP) is -3.94. The van der Waals surface area contributed by atoms with Gasteiger partial charge in [0, 0.05) is 11.1 Å². The van der Waals surface area contributed by atoms with Crippen LogP contribution in [0.1, 0.15) is 12.1 Å². The molecule has 0 saturated carbocycles. The van der Waals surface area contributed by atoms with Crippen LogP contribution in [0.3, 0.4) is 0 Å². The van der Waals surface area contributed by atoms with E-state index in [0.717, 1.165) is 16.2 Å². The van der Waals surface area contributed by atoms with Crippen LogP contribution in [-0.2, 0) is 19.2 Å². The fraction of sp³-hybridized carbons (Fsp3) is 0.312. The molecule has 1 fully saturated rings. The topological polar surface area (TPSA) is 150 Å². The number of amides is 2. The molecule has 1 aromatic rings. The number of thiazole rings is 1. The largest absolute Gasteiger partial charge is 1.00 e. The number of nitrogen functional groups attached to an aromatic ring is 1. The molecule has 2 aliphatic heterocycles. The maximum absolute atomic E-state index is 12.6. The van der Waals surface area contributed by atoms with Gasteiger partial charge < -0.3 is 25.8 Å². The summed E-state index contributed by atoms with van der Waals surface area (Å²) in [6, 6.07) is -0.907. The molecule has 0 aromatic carbocycles. The Kier molecular flexibility index (Phi) is 7.88. The van der Waals surface area contributed by atoms with Gasteiger partial charge in [-0.3, -0.25) is 14.5 Å². The zero-order valence-electron chi connectivity index (χ0n) is 15.7. The smallest absolute Gasteiger partial charge is 0.543 e. The van der Waals surface area contributed by atoms with Gasteiger partial charge in [-0.05, 0) is 12.0 Å². The first-order valence-electron chi connectivity index (χ1n) is 8.01. The maximum Gasteiger partial charge on any atom is 1.00 e. The Morgan fingerprint density at radius 3 is 2.86 bits per heavy atom. The fourth-order valence-electron chi connectivity index (χ4n) is 2.90. The van der Waals surface area contributed by atoms with E-state index in [1.807, 2.05) is 0 Å². The third kappa shape index (κ3) is 4.51. The molecule has 3 rings (SSSR count). The van der Waals surface area contributed by atoms with Crippen molar-refractivity contribution in [3.63, 3.8) is 0 Å². The normalized spacial score (nSPS) is 20.9. The Labute approximate surface area is 196 Å². The Hall–Kier alpha value is -1.86. The van der Waals surface area contributed by atoms with E-state index in [-0.39, 0.29) is 51.8 Å².